The molecule has 0 saturated heterocycles. The fourth-order valence-corrected chi connectivity index (χ4v) is 9.29. The summed E-state index contributed by atoms with van der Waals surface area (Å²) in [4.78, 5) is 24.5. The van der Waals surface area contributed by atoms with Gasteiger partial charge in [0.1, 0.15) is 0 Å². The smallest absolute Gasteiger partial charge is 0.305 e. The van der Waals surface area contributed by atoms with Crippen LogP contribution >= 0.6 is 0 Å². The van der Waals surface area contributed by atoms with Crippen LogP contribution < -0.4 is 5.32 Å². The minimum atomic E-state index is -0.849. The van der Waals surface area contributed by atoms with Gasteiger partial charge in [0, 0.05) is 12.8 Å². The number of carbonyl (C=O) groups is 2. The highest BCUT2D eigenvalue weighted by atomic mass is 16.5. The molecule has 3 N–H and O–H groups in total. The van der Waals surface area contributed by atoms with E-state index in [1.165, 1.54) is 244 Å². The molecule has 0 aliphatic heterocycles. The highest BCUT2D eigenvalue weighted by molar-refractivity contribution is 5.76. The van der Waals surface area contributed by atoms with E-state index in [2.05, 4.69) is 55.6 Å². The zero-order valence-electron chi connectivity index (χ0n) is 46.7. The minimum Gasteiger partial charge on any atom is -0.466 e. The maximum atomic E-state index is 12.5. The van der Waals surface area contributed by atoms with E-state index in [9.17, 15) is 19.8 Å². The maximum absolute atomic E-state index is 12.5. The number of hydrogen-bond donors (Lipinski definition) is 3. The first-order valence-corrected chi connectivity index (χ1v) is 30.9. The molecule has 2 atom stereocenters. The third kappa shape index (κ3) is 55.1. The molecule has 0 rings (SSSR count). The molecule has 0 aliphatic rings. The molecule has 6 nitrogen and oxygen atoms in total. The molecule has 0 aromatic rings. The van der Waals surface area contributed by atoms with Crippen molar-refractivity contribution in [1.82, 2.24) is 5.32 Å². The van der Waals surface area contributed by atoms with Crippen LogP contribution in [-0.2, 0) is 14.3 Å². The average molecular weight is 983 g/mol. The number of hydrogen-bond acceptors (Lipinski definition) is 5. The average Bonchev–Trinajstić information content (AvgIpc) is 3.36. The molecule has 70 heavy (non-hydrogen) atoms. The van der Waals surface area contributed by atoms with E-state index in [-0.39, 0.29) is 18.5 Å². The summed E-state index contributed by atoms with van der Waals surface area (Å²) in [6.45, 7) is 4.87. The number of ether oxygens (including phenoxy) is 1. The van der Waals surface area contributed by atoms with Crippen LogP contribution in [0, 0.1) is 0 Å². The third-order valence-corrected chi connectivity index (χ3v) is 14.1. The summed E-state index contributed by atoms with van der Waals surface area (Å²) in [7, 11) is 0. The van der Waals surface area contributed by atoms with Gasteiger partial charge in [-0.15, -0.1) is 0 Å². The van der Waals surface area contributed by atoms with Crippen molar-refractivity contribution in [3.63, 3.8) is 0 Å². The van der Waals surface area contributed by atoms with Gasteiger partial charge in [0.2, 0.25) is 5.91 Å². The Kier molecular flexibility index (Phi) is 57.5. The fraction of sp³-hybridized carbons (Fsp3) is 0.844. The molecule has 0 radical (unpaired) electrons. The van der Waals surface area contributed by atoms with Crippen molar-refractivity contribution in [3.8, 4) is 0 Å². The molecule has 0 spiro atoms. The first-order chi connectivity index (χ1) is 34.5. The lowest BCUT2D eigenvalue weighted by Gasteiger charge is -2.20. The Morgan fingerprint density at radius 1 is 0.400 bits per heavy atom. The molecule has 0 fully saturated rings. The summed E-state index contributed by atoms with van der Waals surface area (Å²) in [5.41, 5.74) is 0. The van der Waals surface area contributed by atoms with Crippen LogP contribution in [-0.4, -0.2) is 47.4 Å². The van der Waals surface area contributed by atoms with Crippen molar-refractivity contribution < 1.29 is 24.5 Å². The molecule has 0 bridgehead atoms. The number of rotatable bonds is 57. The van der Waals surface area contributed by atoms with Crippen LogP contribution in [0.15, 0.2) is 48.6 Å². The molecule has 2 unspecified atom stereocenters. The Bertz CT molecular complexity index is 1180. The van der Waals surface area contributed by atoms with Crippen LogP contribution in [0.4, 0.5) is 0 Å². The van der Waals surface area contributed by atoms with Crippen LogP contribution in [0.2, 0.25) is 0 Å². The SMILES string of the molecule is CCCC/C=C\CCCCCCCC(=O)OCCCCCCCCCCC/C=C\C/C=C\CCCCCCCCCCCC(=O)NC(CO)C(O)/C=C/CCCCCCCCCCCCCCCCC. The van der Waals surface area contributed by atoms with Crippen LogP contribution in [0.25, 0.3) is 0 Å². The number of aliphatic hydroxyl groups is 2. The molecule has 1 amide bonds. The second-order valence-corrected chi connectivity index (χ2v) is 21.0. The summed E-state index contributed by atoms with van der Waals surface area (Å²) in [5.74, 6) is -0.0760. The quantitative estimate of drug-likeness (QED) is 0.0321. The number of carbonyl (C=O) groups excluding carboxylic acids is 2. The number of aliphatic hydroxyl groups excluding tert-OH is 2. The number of unbranched alkanes of at least 4 members (excludes halogenated alkanes) is 40. The van der Waals surface area contributed by atoms with Crippen molar-refractivity contribution in [2.75, 3.05) is 13.2 Å². The standard InChI is InChI=1S/C64H119NO5/c1-3-5-7-9-11-13-15-16-17-27-30-33-37-40-44-48-52-56-62(67)61(60-66)65-63(68)57-53-49-45-41-38-34-31-28-25-23-21-19-18-20-22-24-26-29-32-35-39-43-47-51-55-59-70-64(69)58-54-50-46-42-36-14-12-10-8-6-4-2/h10,12,19-22,52,56,61-62,66-67H,3-9,11,13-18,23-51,53-55,57-60H2,1-2H3,(H,65,68)/b12-10-,21-19-,22-20-,56-52+. The van der Waals surface area contributed by atoms with Gasteiger partial charge in [-0.2, -0.15) is 0 Å². The summed E-state index contributed by atoms with van der Waals surface area (Å²) in [5, 5.41) is 23.2. The molecule has 0 heterocycles. The predicted molar refractivity (Wildman–Crippen MR) is 306 cm³/mol. The van der Waals surface area contributed by atoms with Crippen molar-refractivity contribution in [2.45, 2.75) is 334 Å². The van der Waals surface area contributed by atoms with Gasteiger partial charge in [-0.1, -0.05) is 274 Å². The Labute approximate surface area is 436 Å². The Morgan fingerprint density at radius 2 is 0.729 bits per heavy atom. The monoisotopic (exact) mass is 982 g/mol. The van der Waals surface area contributed by atoms with E-state index in [1.54, 1.807) is 6.08 Å². The van der Waals surface area contributed by atoms with E-state index in [0.717, 1.165) is 51.4 Å². The lowest BCUT2D eigenvalue weighted by molar-refractivity contribution is -0.143. The molecule has 0 aromatic heterocycles. The number of nitrogens with one attached hydrogen (secondary N) is 1. The third-order valence-electron chi connectivity index (χ3n) is 14.1. The van der Waals surface area contributed by atoms with Gasteiger partial charge in [-0.05, 0) is 83.5 Å². The highest BCUT2D eigenvalue weighted by Crippen LogP contribution is 2.16. The predicted octanol–water partition coefficient (Wildman–Crippen LogP) is 19.4. The van der Waals surface area contributed by atoms with Gasteiger partial charge >= 0.3 is 5.97 Å². The van der Waals surface area contributed by atoms with Crippen molar-refractivity contribution in [3.05, 3.63) is 48.6 Å². The molecule has 0 aromatic carbocycles. The molecule has 0 saturated carbocycles. The Morgan fingerprint density at radius 3 is 1.14 bits per heavy atom. The molecular formula is C64H119NO5. The van der Waals surface area contributed by atoms with E-state index in [0.29, 0.717) is 19.4 Å². The van der Waals surface area contributed by atoms with Crippen molar-refractivity contribution in [1.29, 1.82) is 0 Å². The summed E-state index contributed by atoms with van der Waals surface area (Å²) >= 11 is 0. The van der Waals surface area contributed by atoms with Crippen molar-refractivity contribution >= 4 is 11.9 Å². The molecule has 0 aliphatic carbocycles. The zero-order valence-corrected chi connectivity index (χ0v) is 46.7. The normalized spacial score (nSPS) is 12.9. The number of amides is 1. The molecule has 410 valence electrons. The van der Waals surface area contributed by atoms with Crippen LogP contribution in [0.1, 0.15) is 322 Å². The number of allylic oxidation sites excluding steroid dienone is 7. The Balaban J connectivity index is 3.48. The van der Waals surface area contributed by atoms with E-state index < -0.39 is 12.1 Å². The topological polar surface area (TPSA) is 95.9 Å². The maximum Gasteiger partial charge on any atom is 0.305 e. The molecular weight excluding hydrogens is 863 g/mol. The van der Waals surface area contributed by atoms with Gasteiger partial charge in [-0.25, -0.2) is 0 Å². The summed E-state index contributed by atoms with van der Waals surface area (Å²) < 4.78 is 5.45. The molecule has 6 heteroatoms. The van der Waals surface area contributed by atoms with E-state index in [1.807, 2.05) is 6.08 Å². The second kappa shape index (κ2) is 59.4. The van der Waals surface area contributed by atoms with E-state index in [4.69, 9.17) is 4.74 Å². The summed E-state index contributed by atoms with van der Waals surface area (Å²) in [6.07, 6.45) is 75.8. The van der Waals surface area contributed by atoms with Crippen LogP contribution in [0.3, 0.4) is 0 Å². The van der Waals surface area contributed by atoms with E-state index >= 15 is 0 Å². The first kappa shape index (κ1) is 67.8. The second-order valence-electron chi connectivity index (χ2n) is 21.0. The van der Waals surface area contributed by atoms with Gasteiger partial charge < -0.3 is 20.3 Å². The first-order valence-electron chi connectivity index (χ1n) is 30.9. The highest BCUT2D eigenvalue weighted by Gasteiger charge is 2.18. The van der Waals surface area contributed by atoms with Gasteiger partial charge in [0.15, 0.2) is 0 Å². The Hall–Kier alpha value is -2.18. The van der Waals surface area contributed by atoms with Crippen molar-refractivity contribution in [2.24, 2.45) is 0 Å². The zero-order chi connectivity index (χ0) is 50.7. The lowest BCUT2D eigenvalue weighted by Crippen LogP contribution is -2.45. The van der Waals surface area contributed by atoms with Crippen LogP contribution in [0.5, 0.6) is 0 Å². The number of esters is 1. The van der Waals surface area contributed by atoms with Gasteiger partial charge in [0.05, 0.1) is 25.4 Å². The largest absolute Gasteiger partial charge is 0.466 e. The van der Waals surface area contributed by atoms with Gasteiger partial charge in [-0.3, -0.25) is 9.59 Å². The summed E-state index contributed by atoms with van der Waals surface area (Å²) in [6, 6.07) is -0.633. The lowest BCUT2D eigenvalue weighted by atomic mass is 10.0. The van der Waals surface area contributed by atoms with Gasteiger partial charge in [0.25, 0.3) is 0 Å². The minimum absolute atomic E-state index is 0.00295. The fourth-order valence-electron chi connectivity index (χ4n) is 9.29.